The van der Waals surface area contributed by atoms with Crippen molar-refractivity contribution in [1.29, 1.82) is 0 Å². The van der Waals surface area contributed by atoms with E-state index in [-0.39, 0.29) is 0 Å². The number of nitrogens with zero attached hydrogens (tertiary/aromatic N) is 1. The number of carbonyl (C=O) groups excluding carboxylic acids is 1. The van der Waals surface area contributed by atoms with Crippen LogP contribution in [-0.2, 0) is 13.0 Å². The summed E-state index contributed by atoms with van der Waals surface area (Å²) in [6, 6.07) is 2.04. The molecule has 0 unspecified atom stereocenters. The molecular weight excluding hydrogens is 198 g/mol. The SMILES string of the molecule is CC#CCCn1c(C)cc2c1CCCC2=O. The lowest BCUT2D eigenvalue weighted by Crippen LogP contribution is -2.13. The zero-order valence-electron chi connectivity index (χ0n) is 9.97. The van der Waals surface area contributed by atoms with Crippen molar-refractivity contribution in [2.45, 2.75) is 46.1 Å². The topological polar surface area (TPSA) is 22.0 Å². The van der Waals surface area contributed by atoms with E-state index in [9.17, 15) is 4.79 Å². The number of aryl methyl sites for hydroxylation is 1. The van der Waals surface area contributed by atoms with Crippen molar-refractivity contribution < 1.29 is 4.79 Å². The van der Waals surface area contributed by atoms with Crippen molar-refractivity contribution in [3.63, 3.8) is 0 Å². The van der Waals surface area contributed by atoms with Gasteiger partial charge in [-0.25, -0.2) is 0 Å². The highest BCUT2D eigenvalue weighted by molar-refractivity contribution is 5.98. The van der Waals surface area contributed by atoms with Crippen LogP contribution in [0.5, 0.6) is 0 Å². The Bertz CT molecular complexity index is 471. The summed E-state index contributed by atoms with van der Waals surface area (Å²) < 4.78 is 2.26. The van der Waals surface area contributed by atoms with Crippen molar-refractivity contribution in [2.75, 3.05) is 0 Å². The molecule has 0 amide bonds. The third-order valence-electron chi connectivity index (χ3n) is 3.17. The van der Waals surface area contributed by atoms with Gasteiger partial charge in [-0.1, -0.05) is 0 Å². The molecule has 0 aliphatic heterocycles. The maximum absolute atomic E-state index is 11.7. The molecule has 0 saturated heterocycles. The fraction of sp³-hybridized carbons (Fsp3) is 0.500. The summed E-state index contributed by atoms with van der Waals surface area (Å²) in [5.74, 6) is 6.29. The molecule has 0 saturated carbocycles. The van der Waals surface area contributed by atoms with Crippen molar-refractivity contribution in [1.82, 2.24) is 4.57 Å². The summed E-state index contributed by atoms with van der Waals surface area (Å²) in [5.41, 5.74) is 3.37. The molecule has 1 heterocycles. The molecule has 0 fully saturated rings. The summed E-state index contributed by atoms with van der Waals surface area (Å²) in [7, 11) is 0. The molecule has 0 aromatic carbocycles. The van der Waals surface area contributed by atoms with Crippen LogP contribution in [0.4, 0.5) is 0 Å². The van der Waals surface area contributed by atoms with Gasteiger partial charge in [-0.05, 0) is 32.8 Å². The summed E-state index contributed by atoms with van der Waals surface area (Å²) in [6.45, 7) is 4.85. The van der Waals surface area contributed by atoms with Crippen molar-refractivity contribution in [3.8, 4) is 11.8 Å². The Balaban J connectivity index is 2.29. The fourth-order valence-electron chi connectivity index (χ4n) is 2.39. The van der Waals surface area contributed by atoms with E-state index < -0.39 is 0 Å². The minimum absolute atomic E-state index is 0.310. The minimum atomic E-state index is 0.310. The van der Waals surface area contributed by atoms with Crippen LogP contribution >= 0.6 is 0 Å². The highest BCUT2D eigenvalue weighted by Crippen LogP contribution is 2.25. The summed E-state index contributed by atoms with van der Waals surface area (Å²) in [6.07, 6.45) is 3.61. The Morgan fingerprint density at radius 3 is 3.00 bits per heavy atom. The Morgan fingerprint density at radius 1 is 1.44 bits per heavy atom. The first-order valence-electron chi connectivity index (χ1n) is 5.86. The molecule has 84 valence electrons. The van der Waals surface area contributed by atoms with Crippen LogP contribution in [0, 0.1) is 18.8 Å². The van der Waals surface area contributed by atoms with E-state index in [1.807, 2.05) is 13.0 Å². The second kappa shape index (κ2) is 4.57. The Hall–Kier alpha value is -1.49. The molecule has 1 aromatic heterocycles. The number of Topliss-reactive ketones (excluding diaryl/α,β-unsaturated/α-hetero) is 1. The van der Waals surface area contributed by atoms with Crippen molar-refractivity contribution in [2.24, 2.45) is 0 Å². The van der Waals surface area contributed by atoms with E-state index in [0.717, 1.165) is 31.4 Å². The highest BCUT2D eigenvalue weighted by atomic mass is 16.1. The van der Waals surface area contributed by atoms with Crippen LogP contribution in [-0.4, -0.2) is 10.4 Å². The van der Waals surface area contributed by atoms with Crippen molar-refractivity contribution in [3.05, 3.63) is 23.0 Å². The molecule has 0 spiro atoms. The van der Waals surface area contributed by atoms with Gasteiger partial charge in [0.25, 0.3) is 0 Å². The molecule has 0 radical (unpaired) electrons. The molecule has 1 aliphatic carbocycles. The van der Waals surface area contributed by atoms with Gasteiger partial charge in [-0.2, -0.15) is 0 Å². The second-order valence-corrected chi connectivity index (χ2v) is 4.25. The zero-order chi connectivity index (χ0) is 11.5. The number of aromatic nitrogens is 1. The van der Waals surface area contributed by atoms with Crippen LogP contribution in [0.1, 0.15) is 47.9 Å². The minimum Gasteiger partial charge on any atom is -0.347 e. The Labute approximate surface area is 96.7 Å². The number of rotatable bonds is 2. The van der Waals surface area contributed by atoms with Crippen LogP contribution in [0.3, 0.4) is 0 Å². The predicted molar refractivity (Wildman–Crippen MR) is 64.5 cm³/mol. The predicted octanol–water partition coefficient (Wildman–Crippen LogP) is 2.73. The van der Waals surface area contributed by atoms with Gasteiger partial charge in [-0.15, -0.1) is 11.8 Å². The first-order valence-corrected chi connectivity index (χ1v) is 5.86. The molecule has 2 heteroatoms. The van der Waals surface area contributed by atoms with E-state index >= 15 is 0 Å². The first-order chi connectivity index (χ1) is 7.74. The van der Waals surface area contributed by atoms with E-state index in [1.54, 1.807) is 0 Å². The van der Waals surface area contributed by atoms with E-state index in [1.165, 1.54) is 11.4 Å². The Kier molecular flexibility index (Phi) is 3.14. The maximum Gasteiger partial charge on any atom is 0.164 e. The van der Waals surface area contributed by atoms with Crippen LogP contribution in [0.2, 0.25) is 0 Å². The third kappa shape index (κ3) is 1.90. The standard InChI is InChI=1S/C14H17NO/c1-3-4-5-9-15-11(2)10-12-13(15)7-6-8-14(12)16/h10H,5-9H2,1-2H3. The van der Waals surface area contributed by atoms with Gasteiger partial charge >= 0.3 is 0 Å². The molecule has 2 rings (SSSR count). The maximum atomic E-state index is 11.7. The number of fused-ring (bicyclic) bond motifs is 1. The van der Waals surface area contributed by atoms with Gasteiger partial charge in [0.15, 0.2) is 5.78 Å². The third-order valence-corrected chi connectivity index (χ3v) is 3.17. The molecule has 1 aliphatic rings. The van der Waals surface area contributed by atoms with Gasteiger partial charge in [0, 0.05) is 36.3 Å². The molecule has 2 nitrogen and oxygen atoms in total. The molecule has 0 atom stereocenters. The van der Waals surface area contributed by atoms with Gasteiger partial charge in [0.1, 0.15) is 0 Å². The lowest BCUT2D eigenvalue weighted by molar-refractivity contribution is 0.0972. The normalized spacial score (nSPS) is 14.2. The Morgan fingerprint density at radius 2 is 2.25 bits per heavy atom. The van der Waals surface area contributed by atoms with Gasteiger partial charge in [0.2, 0.25) is 0 Å². The molecule has 0 N–H and O–H groups in total. The number of ketones is 1. The number of hydrogen-bond donors (Lipinski definition) is 0. The molecular formula is C14H17NO. The van der Waals surface area contributed by atoms with Crippen LogP contribution in [0.15, 0.2) is 6.07 Å². The smallest absolute Gasteiger partial charge is 0.164 e. The fourth-order valence-corrected chi connectivity index (χ4v) is 2.39. The van der Waals surface area contributed by atoms with Gasteiger partial charge in [-0.3, -0.25) is 4.79 Å². The average molecular weight is 215 g/mol. The van der Waals surface area contributed by atoms with E-state index in [0.29, 0.717) is 12.2 Å². The first kappa shape index (κ1) is 11.0. The van der Waals surface area contributed by atoms with Crippen LogP contribution < -0.4 is 0 Å². The van der Waals surface area contributed by atoms with Crippen molar-refractivity contribution >= 4 is 5.78 Å². The summed E-state index contributed by atoms with van der Waals surface area (Å²) >= 11 is 0. The largest absolute Gasteiger partial charge is 0.347 e. The van der Waals surface area contributed by atoms with E-state index in [2.05, 4.69) is 23.3 Å². The van der Waals surface area contributed by atoms with Gasteiger partial charge < -0.3 is 4.57 Å². The number of carbonyl (C=O) groups is 1. The quantitative estimate of drug-likeness (QED) is 0.695. The molecule has 0 bridgehead atoms. The van der Waals surface area contributed by atoms with Gasteiger partial charge in [0.05, 0.1) is 0 Å². The highest BCUT2D eigenvalue weighted by Gasteiger charge is 2.21. The zero-order valence-corrected chi connectivity index (χ0v) is 9.97. The average Bonchev–Trinajstić information content (AvgIpc) is 2.58. The lowest BCUT2D eigenvalue weighted by Gasteiger charge is -2.15. The monoisotopic (exact) mass is 215 g/mol. The molecule has 1 aromatic rings. The summed E-state index contributed by atoms with van der Waals surface area (Å²) in [4.78, 5) is 11.7. The lowest BCUT2D eigenvalue weighted by atomic mass is 9.96. The van der Waals surface area contributed by atoms with Crippen LogP contribution in [0.25, 0.3) is 0 Å². The van der Waals surface area contributed by atoms with E-state index in [4.69, 9.17) is 0 Å². The number of hydrogen-bond acceptors (Lipinski definition) is 1. The second-order valence-electron chi connectivity index (χ2n) is 4.25. The molecule has 16 heavy (non-hydrogen) atoms. The summed E-state index contributed by atoms with van der Waals surface area (Å²) in [5, 5.41) is 0.